The first-order valence-corrected chi connectivity index (χ1v) is 5.73. The predicted molar refractivity (Wildman–Crippen MR) is 61.5 cm³/mol. The number of hydrogen-bond acceptors (Lipinski definition) is 1. The summed E-state index contributed by atoms with van der Waals surface area (Å²) < 4.78 is 0. The van der Waals surface area contributed by atoms with Crippen LogP contribution in [-0.4, -0.2) is 17.3 Å². The van der Waals surface area contributed by atoms with Gasteiger partial charge in [0.2, 0.25) is 5.91 Å². The smallest absolute Gasteiger partial charge is 0.230 e. The molecule has 0 spiro atoms. The summed E-state index contributed by atoms with van der Waals surface area (Å²) in [5, 5.41) is 3.26. The summed E-state index contributed by atoms with van der Waals surface area (Å²) >= 11 is 3.12. The Kier molecular flexibility index (Phi) is 4.66. The molecule has 0 aliphatic heterocycles. The van der Waals surface area contributed by atoms with Crippen molar-refractivity contribution in [3.63, 3.8) is 0 Å². The minimum atomic E-state index is 0.0356. The zero-order valence-corrected chi connectivity index (χ0v) is 9.75. The second-order valence-corrected chi connectivity index (χ2v) is 3.85. The quantitative estimate of drug-likeness (QED) is 0.821. The van der Waals surface area contributed by atoms with E-state index in [2.05, 4.69) is 33.4 Å². The third kappa shape index (κ3) is 3.92. The molecule has 3 heteroatoms. The number of hydrogen-bond donors (Lipinski definition) is 1. The fourth-order valence-electron chi connectivity index (χ4n) is 1.33. The van der Waals surface area contributed by atoms with E-state index in [-0.39, 0.29) is 11.9 Å². The molecule has 0 radical (unpaired) electrons. The van der Waals surface area contributed by atoms with Gasteiger partial charge >= 0.3 is 0 Å². The molecule has 1 unspecified atom stereocenters. The molecule has 0 heterocycles. The second kappa shape index (κ2) is 5.81. The maximum Gasteiger partial charge on any atom is 0.230 e. The van der Waals surface area contributed by atoms with Crippen LogP contribution in [0, 0.1) is 0 Å². The normalized spacial score (nSPS) is 12.1. The summed E-state index contributed by atoms with van der Waals surface area (Å²) in [4.78, 5) is 11.1. The molecule has 14 heavy (non-hydrogen) atoms. The molecule has 1 atom stereocenters. The zero-order chi connectivity index (χ0) is 10.4. The number of benzene rings is 1. The lowest BCUT2D eigenvalue weighted by atomic mass is 10.1. The first kappa shape index (κ1) is 11.2. The Hall–Kier alpha value is -0.830. The Morgan fingerprint density at radius 1 is 1.43 bits per heavy atom. The predicted octanol–water partition coefficient (Wildman–Crippen LogP) is 2.13. The molecule has 1 aromatic rings. The highest BCUT2D eigenvalue weighted by Gasteiger charge is 2.05. The van der Waals surface area contributed by atoms with Crippen molar-refractivity contribution in [2.45, 2.75) is 19.4 Å². The maximum absolute atomic E-state index is 11.1. The highest BCUT2D eigenvalue weighted by atomic mass is 79.9. The van der Waals surface area contributed by atoms with E-state index in [1.807, 2.05) is 25.1 Å². The van der Waals surface area contributed by atoms with Crippen LogP contribution in [-0.2, 0) is 11.2 Å². The SMILES string of the molecule is CC(Cc1ccccc1)NC(=O)CBr. The van der Waals surface area contributed by atoms with Gasteiger partial charge in [0.25, 0.3) is 0 Å². The van der Waals surface area contributed by atoms with Crippen LogP contribution in [0.5, 0.6) is 0 Å². The van der Waals surface area contributed by atoms with Crippen LogP contribution in [0.25, 0.3) is 0 Å². The lowest BCUT2D eigenvalue weighted by Crippen LogP contribution is -2.34. The number of alkyl halides is 1. The molecule has 1 N–H and O–H groups in total. The van der Waals surface area contributed by atoms with E-state index in [4.69, 9.17) is 0 Å². The summed E-state index contributed by atoms with van der Waals surface area (Å²) in [5.41, 5.74) is 1.25. The van der Waals surface area contributed by atoms with Crippen LogP contribution in [0.2, 0.25) is 0 Å². The summed E-state index contributed by atoms with van der Waals surface area (Å²) in [6, 6.07) is 10.3. The van der Waals surface area contributed by atoms with E-state index < -0.39 is 0 Å². The van der Waals surface area contributed by atoms with Gasteiger partial charge in [-0.05, 0) is 18.9 Å². The molecule has 1 aromatic carbocycles. The van der Waals surface area contributed by atoms with Gasteiger partial charge in [0, 0.05) is 6.04 Å². The molecule has 0 aromatic heterocycles. The number of nitrogens with one attached hydrogen (secondary N) is 1. The van der Waals surface area contributed by atoms with Gasteiger partial charge in [-0.1, -0.05) is 46.3 Å². The molecular formula is C11H14BrNO. The minimum Gasteiger partial charge on any atom is -0.353 e. The first-order chi connectivity index (χ1) is 6.72. The van der Waals surface area contributed by atoms with Gasteiger partial charge in [-0.2, -0.15) is 0 Å². The van der Waals surface area contributed by atoms with Crippen LogP contribution in [0.15, 0.2) is 30.3 Å². The molecule has 1 rings (SSSR count). The third-order valence-corrected chi connectivity index (χ3v) is 2.42. The van der Waals surface area contributed by atoms with E-state index in [0.29, 0.717) is 5.33 Å². The Morgan fingerprint density at radius 3 is 2.64 bits per heavy atom. The average Bonchev–Trinajstić information content (AvgIpc) is 2.19. The van der Waals surface area contributed by atoms with Gasteiger partial charge in [0.15, 0.2) is 0 Å². The Balaban J connectivity index is 2.41. The lowest BCUT2D eigenvalue weighted by Gasteiger charge is -2.12. The average molecular weight is 256 g/mol. The Labute approximate surface area is 92.8 Å². The highest BCUT2D eigenvalue weighted by molar-refractivity contribution is 9.09. The monoisotopic (exact) mass is 255 g/mol. The van der Waals surface area contributed by atoms with Crippen molar-refractivity contribution in [1.29, 1.82) is 0 Å². The summed E-state index contributed by atoms with van der Waals surface area (Å²) in [7, 11) is 0. The number of carbonyl (C=O) groups is 1. The summed E-state index contributed by atoms with van der Waals surface area (Å²) in [5.74, 6) is 0.0356. The summed E-state index contributed by atoms with van der Waals surface area (Å²) in [6.45, 7) is 2.01. The fraction of sp³-hybridized carbons (Fsp3) is 0.364. The molecule has 0 aliphatic rings. The largest absolute Gasteiger partial charge is 0.353 e. The van der Waals surface area contributed by atoms with E-state index in [9.17, 15) is 4.79 Å². The van der Waals surface area contributed by atoms with Gasteiger partial charge in [0.1, 0.15) is 0 Å². The van der Waals surface area contributed by atoms with Gasteiger partial charge in [0.05, 0.1) is 5.33 Å². The molecular weight excluding hydrogens is 242 g/mol. The van der Waals surface area contributed by atoms with Crippen molar-refractivity contribution in [1.82, 2.24) is 5.32 Å². The van der Waals surface area contributed by atoms with Crippen LogP contribution < -0.4 is 5.32 Å². The first-order valence-electron chi connectivity index (χ1n) is 4.61. The van der Waals surface area contributed by atoms with Gasteiger partial charge in [-0.25, -0.2) is 0 Å². The van der Waals surface area contributed by atoms with E-state index >= 15 is 0 Å². The van der Waals surface area contributed by atoms with Crippen molar-refractivity contribution in [3.8, 4) is 0 Å². The fourth-order valence-corrected chi connectivity index (χ4v) is 1.49. The molecule has 2 nitrogen and oxygen atoms in total. The van der Waals surface area contributed by atoms with Crippen molar-refractivity contribution in [2.75, 3.05) is 5.33 Å². The molecule has 0 saturated heterocycles. The van der Waals surface area contributed by atoms with Crippen molar-refractivity contribution in [3.05, 3.63) is 35.9 Å². The van der Waals surface area contributed by atoms with Crippen LogP contribution >= 0.6 is 15.9 Å². The number of amides is 1. The summed E-state index contributed by atoms with van der Waals surface area (Å²) in [6.07, 6.45) is 0.875. The third-order valence-electron chi connectivity index (χ3n) is 1.91. The van der Waals surface area contributed by atoms with Gasteiger partial charge in [-0.15, -0.1) is 0 Å². The van der Waals surface area contributed by atoms with E-state index in [0.717, 1.165) is 6.42 Å². The van der Waals surface area contributed by atoms with E-state index in [1.165, 1.54) is 5.56 Å². The molecule has 76 valence electrons. The minimum absolute atomic E-state index is 0.0356. The van der Waals surface area contributed by atoms with Crippen molar-refractivity contribution >= 4 is 21.8 Å². The molecule has 1 amide bonds. The van der Waals surface area contributed by atoms with Gasteiger partial charge in [-0.3, -0.25) is 4.79 Å². The van der Waals surface area contributed by atoms with E-state index in [1.54, 1.807) is 0 Å². The maximum atomic E-state index is 11.1. The number of carbonyl (C=O) groups excluding carboxylic acids is 1. The van der Waals surface area contributed by atoms with Crippen LogP contribution in [0.3, 0.4) is 0 Å². The highest BCUT2D eigenvalue weighted by Crippen LogP contribution is 2.02. The topological polar surface area (TPSA) is 29.1 Å². The van der Waals surface area contributed by atoms with Crippen molar-refractivity contribution < 1.29 is 4.79 Å². The standard InChI is InChI=1S/C11H14BrNO/c1-9(13-11(14)8-12)7-10-5-3-2-4-6-10/h2-6,9H,7-8H2,1H3,(H,13,14). The molecule has 0 bridgehead atoms. The van der Waals surface area contributed by atoms with Crippen molar-refractivity contribution in [2.24, 2.45) is 0 Å². The van der Waals surface area contributed by atoms with Gasteiger partial charge < -0.3 is 5.32 Å². The number of halogens is 1. The Bertz CT molecular complexity index is 287. The van der Waals surface area contributed by atoms with Crippen LogP contribution in [0.4, 0.5) is 0 Å². The van der Waals surface area contributed by atoms with Crippen LogP contribution in [0.1, 0.15) is 12.5 Å². The zero-order valence-electron chi connectivity index (χ0n) is 8.16. The molecule has 0 aliphatic carbocycles. The molecule has 0 fully saturated rings. The lowest BCUT2D eigenvalue weighted by molar-refractivity contribution is -0.119. The molecule has 0 saturated carbocycles. The number of rotatable bonds is 4. The Morgan fingerprint density at radius 2 is 2.07 bits per heavy atom. The second-order valence-electron chi connectivity index (χ2n) is 3.29.